The fourth-order valence-corrected chi connectivity index (χ4v) is 7.69. The summed E-state index contributed by atoms with van der Waals surface area (Å²) in [5.74, 6) is -1.01. The highest BCUT2D eigenvalue weighted by Gasteiger charge is 2.19. The van der Waals surface area contributed by atoms with Crippen LogP contribution in [0.25, 0.3) is 0 Å². The lowest BCUT2D eigenvalue weighted by atomic mass is 10.0. The number of carbonyl (C=O) groups is 3. The van der Waals surface area contributed by atoms with Crippen LogP contribution in [0.3, 0.4) is 0 Å². The maximum Gasteiger partial charge on any atom is 0.306 e. The third kappa shape index (κ3) is 58.2. The molecule has 6 heteroatoms. The Labute approximate surface area is 455 Å². The van der Waals surface area contributed by atoms with Crippen LogP contribution >= 0.6 is 0 Å². The van der Waals surface area contributed by atoms with Gasteiger partial charge in [-0.3, -0.25) is 14.4 Å². The van der Waals surface area contributed by atoms with Crippen molar-refractivity contribution in [2.75, 3.05) is 13.2 Å². The van der Waals surface area contributed by atoms with Gasteiger partial charge in [0.15, 0.2) is 6.10 Å². The van der Waals surface area contributed by atoms with Crippen LogP contribution in [-0.2, 0) is 28.6 Å². The minimum Gasteiger partial charge on any atom is -0.462 e. The Kier molecular flexibility index (Phi) is 57.0. The third-order valence-electron chi connectivity index (χ3n) is 12.1. The van der Waals surface area contributed by atoms with Gasteiger partial charge in [-0.1, -0.05) is 256 Å². The second kappa shape index (κ2) is 60.8. The van der Waals surface area contributed by atoms with E-state index in [1.165, 1.54) is 70.6 Å². The summed E-state index contributed by atoms with van der Waals surface area (Å²) in [6.45, 7) is 6.33. The normalized spacial score (nSPS) is 13.2. The number of hydrogen-bond donors (Lipinski definition) is 0. The first-order valence-electron chi connectivity index (χ1n) is 29.8. The molecular formula is C68H108O6. The summed E-state index contributed by atoms with van der Waals surface area (Å²) in [4.78, 5) is 38.1. The van der Waals surface area contributed by atoms with Gasteiger partial charge in [-0.15, -0.1) is 0 Å². The molecule has 0 aliphatic rings. The number of carbonyl (C=O) groups excluding carboxylic acids is 3. The van der Waals surface area contributed by atoms with Crippen molar-refractivity contribution in [3.63, 3.8) is 0 Å². The number of ether oxygens (including phenoxy) is 3. The average Bonchev–Trinajstić information content (AvgIpc) is 3.40. The molecule has 0 saturated heterocycles. The van der Waals surface area contributed by atoms with Crippen molar-refractivity contribution >= 4 is 17.9 Å². The summed E-state index contributed by atoms with van der Waals surface area (Å²) in [6, 6.07) is 0. The van der Waals surface area contributed by atoms with Crippen molar-refractivity contribution in [2.45, 2.75) is 252 Å². The molecule has 1 atom stereocenters. The fourth-order valence-electron chi connectivity index (χ4n) is 7.69. The highest BCUT2D eigenvalue weighted by Crippen LogP contribution is 2.15. The second-order valence-electron chi connectivity index (χ2n) is 19.1. The number of esters is 3. The monoisotopic (exact) mass is 1020 g/mol. The first-order chi connectivity index (χ1) is 36.5. The molecule has 0 radical (unpaired) electrons. The van der Waals surface area contributed by atoms with Crippen molar-refractivity contribution in [1.29, 1.82) is 0 Å². The smallest absolute Gasteiger partial charge is 0.306 e. The van der Waals surface area contributed by atoms with Crippen molar-refractivity contribution in [2.24, 2.45) is 0 Å². The predicted octanol–water partition coefficient (Wildman–Crippen LogP) is 20.4. The van der Waals surface area contributed by atoms with Gasteiger partial charge in [-0.05, 0) is 116 Å². The van der Waals surface area contributed by atoms with E-state index in [2.05, 4.69) is 167 Å². The summed E-state index contributed by atoms with van der Waals surface area (Å²) >= 11 is 0. The number of unbranched alkanes of at least 4 members (excludes halogenated alkanes) is 17. The zero-order chi connectivity index (χ0) is 53.6. The van der Waals surface area contributed by atoms with E-state index < -0.39 is 6.10 Å². The quantitative estimate of drug-likeness (QED) is 0.0261. The van der Waals surface area contributed by atoms with Crippen LogP contribution < -0.4 is 0 Å². The molecule has 6 nitrogen and oxygen atoms in total. The summed E-state index contributed by atoms with van der Waals surface area (Å²) in [5, 5.41) is 0. The molecule has 74 heavy (non-hydrogen) atoms. The van der Waals surface area contributed by atoms with Crippen molar-refractivity contribution < 1.29 is 28.6 Å². The van der Waals surface area contributed by atoms with Crippen LogP contribution in [0.1, 0.15) is 245 Å². The van der Waals surface area contributed by atoms with Crippen LogP contribution in [0, 0.1) is 0 Å². The molecule has 0 heterocycles. The lowest BCUT2D eigenvalue weighted by Gasteiger charge is -2.18. The van der Waals surface area contributed by atoms with E-state index in [1.54, 1.807) is 0 Å². The zero-order valence-corrected chi connectivity index (χ0v) is 47.5. The predicted molar refractivity (Wildman–Crippen MR) is 320 cm³/mol. The van der Waals surface area contributed by atoms with Gasteiger partial charge in [0.05, 0.1) is 0 Å². The summed E-state index contributed by atoms with van der Waals surface area (Å²) < 4.78 is 16.8. The van der Waals surface area contributed by atoms with Crippen LogP contribution in [-0.4, -0.2) is 37.2 Å². The van der Waals surface area contributed by atoms with E-state index in [9.17, 15) is 14.4 Å². The van der Waals surface area contributed by atoms with Gasteiger partial charge in [0.25, 0.3) is 0 Å². The van der Waals surface area contributed by atoms with E-state index in [0.717, 1.165) is 128 Å². The minimum atomic E-state index is -0.818. The standard InChI is InChI=1S/C68H108O6/c1-4-7-10-13-16-19-22-25-27-28-29-30-31-32-33-34-35-36-37-38-39-40-41-44-46-49-52-55-58-61-67(70)73-64-65(63-72-66(69)60-57-54-51-48-45-42-24-21-18-15-12-9-6-3)74-68(71)62-59-56-53-50-47-43-26-23-20-17-14-11-8-5-2/h7,9-10,12,16,18-19,21,25,27,29-30,32-33,35-36,38-39,41-42,44-45,49,52,65H,4-6,8,11,13-15,17,20,22-24,26,28,31,34,37,40,43,46-48,50-51,53-64H2,1-3H3/b10-7-,12-9-,19-16-,21-18-,27-25-,30-29-,33-32-,36-35-,39-38-,44-41-,45-42-,52-49-. The highest BCUT2D eigenvalue weighted by atomic mass is 16.6. The maximum atomic E-state index is 12.8. The molecular weight excluding hydrogens is 913 g/mol. The Morgan fingerprint density at radius 1 is 0.284 bits per heavy atom. The maximum absolute atomic E-state index is 12.8. The van der Waals surface area contributed by atoms with Crippen molar-refractivity contribution in [1.82, 2.24) is 0 Å². The van der Waals surface area contributed by atoms with Gasteiger partial charge in [0, 0.05) is 19.3 Å². The van der Waals surface area contributed by atoms with Crippen LogP contribution in [0.15, 0.2) is 146 Å². The Bertz CT molecular complexity index is 1640. The van der Waals surface area contributed by atoms with E-state index in [0.29, 0.717) is 19.3 Å². The molecule has 0 fully saturated rings. The third-order valence-corrected chi connectivity index (χ3v) is 12.1. The fraction of sp³-hybridized carbons (Fsp3) is 0.603. The minimum absolute atomic E-state index is 0.114. The topological polar surface area (TPSA) is 78.9 Å². The van der Waals surface area contributed by atoms with Crippen molar-refractivity contribution in [3.05, 3.63) is 146 Å². The molecule has 0 aliphatic heterocycles. The molecule has 0 aromatic carbocycles. The van der Waals surface area contributed by atoms with Crippen LogP contribution in [0.2, 0.25) is 0 Å². The average molecular weight is 1020 g/mol. The first kappa shape index (κ1) is 69.3. The molecule has 0 aromatic heterocycles. The molecule has 0 N–H and O–H groups in total. The SMILES string of the molecule is CC/C=C\C/C=C\C/C=C\C/C=C\C/C=C\C/C=C\C/C=C\C/C=C\C/C=C\CCCC(=O)OCC(COC(=O)CCCCC/C=C\C/C=C\C/C=C\CC)OC(=O)CCCCCCCCCCCCCCCC. The van der Waals surface area contributed by atoms with Crippen molar-refractivity contribution in [3.8, 4) is 0 Å². The van der Waals surface area contributed by atoms with E-state index >= 15 is 0 Å². The number of rotatable bonds is 52. The zero-order valence-electron chi connectivity index (χ0n) is 47.5. The molecule has 416 valence electrons. The van der Waals surface area contributed by atoms with Gasteiger partial charge in [0.2, 0.25) is 0 Å². The molecule has 1 unspecified atom stereocenters. The van der Waals surface area contributed by atoms with E-state index in [-0.39, 0.29) is 37.5 Å². The lowest BCUT2D eigenvalue weighted by Crippen LogP contribution is -2.30. The molecule has 0 rings (SSSR count). The summed E-state index contributed by atoms with van der Waals surface area (Å²) in [5.41, 5.74) is 0. The van der Waals surface area contributed by atoms with Gasteiger partial charge in [0.1, 0.15) is 13.2 Å². The lowest BCUT2D eigenvalue weighted by molar-refractivity contribution is -0.167. The largest absolute Gasteiger partial charge is 0.462 e. The Balaban J connectivity index is 4.44. The second-order valence-corrected chi connectivity index (χ2v) is 19.1. The highest BCUT2D eigenvalue weighted by molar-refractivity contribution is 5.71. The molecule has 0 aromatic rings. The van der Waals surface area contributed by atoms with Gasteiger partial charge >= 0.3 is 17.9 Å². The first-order valence-corrected chi connectivity index (χ1v) is 29.8. The van der Waals surface area contributed by atoms with Crippen LogP contribution in [0.4, 0.5) is 0 Å². The summed E-state index contributed by atoms with van der Waals surface area (Å²) in [7, 11) is 0. The Morgan fingerprint density at radius 3 is 0.878 bits per heavy atom. The Hall–Kier alpha value is -4.71. The van der Waals surface area contributed by atoms with Gasteiger partial charge < -0.3 is 14.2 Å². The number of hydrogen-bond acceptors (Lipinski definition) is 6. The number of allylic oxidation sites excluding steroid dienone is 24. The molecule has 0 aliphatic carbocycles. The van der Waals surface area contributed by atoms with E-state index in [1.807, 2.05) is 0 Å². The molecule has 0 spiro atoms. The molecule has 0 saturated carbocycles. The van der Waals surface area contributed by atoms with Gasteiger partial charge in [-0.25, -0.2) is 0 Å². The molecule has 0 bridgehead atoms. The van der Waals surface area contributed by atoms with E-state index in [4.69, 9.17) is 14.2 Å². The molecule has 0 amide bonds. The van der Waals surface area contributed by atoms with Gasteiger partial charge in [-0.2, -0.15) is 0 Å². The van der Waals surface area contributed by atoms with Crippen LogP contribution in [0.5, 0.6) is 0 Å². The summed E-state index contributed by atoms with van der Waals surface area (Å²) in [6.07, 6.45) is 87.1. The Morgan fingerprint density at radius 2 is 0.541 bits per heavy atom.